The maximum Gasteiger partial charge on any atom is 0.326 e. The van der Waals surface area contributed by atoms with Crippen molar-refractivity contribution in [2.45, 2.75) is 76.5 Å². The molecule has 0 radical (unpaired) electrons. The molecule has 0 aromatic rings. The first-order chi connectivity index (χ1) is 15.4. The Kier molecular flexibility index (Phi) is 15.1. The van der Waals surface area contributed by atoms with Crippen molar-refractivity contribution in [2.75, 3.05) is 12.3 Å². The predicted molar refractivity (Wildman–Crippen MR) is 124 cm³/mol. The number of nitrogens with two attached hydrogens (primary N) is 2. The van der Waals surface area contributed by atoms with Crippen LogP contribution >= 0.6 is 12.6 Å². The number of amides is 3. The van der Waals surface area contributed by atoms with Crippen LogP contribution in [0.1, 0.15) is 52.4 Å². The minimum atomic E-state index is -1.43. The molecule has 0 aliphatic rings. The van der Waals surface area contributed by atoms with Gasteiger partial charge in [-0.05, 0) is 44.6 Å². The maximum atomic E-state index is 12.7. The molecule has 13 heteroatoms. The Morgan fingerprint density at radius 3 is 1.88 bits per heavy atom. The van der Waals surface area contributed by atoms with E-state index in [1.807, 2.05) is 13.8 Å². The van der Waals surface area contributed by atoms with Gasteiger partial charge in [0.25, 0.3) is 0 Å². The van der Waals surface area contributed by atoms with E-state index in [0.717, 1.165) is 0 Å². The van der Waals surface area contributed by atoms with Crippen molar-refractivity contribution in [3.8, 4) is 0 Å². The van der Waals surface area contributed by atoms with E-state index in [1.54, 1.807) is 0 Å². The lowest BCUT2D eigenvalue weighted by Gasteiger charge is -2.24. The van der Waals surface area contributed by atoms with Crippen LogP contribution in [0.2, 0.25) is 0 Å². The second-order valence-electron chi connectivity index (χ2n) is 8.16. The summed E-state index contributed by atoms with van der Waals surface area (Å²) in [5, 5.41) is 25.3. The molecule has 0 bridgehead atoms. The normalized spacial score (nSPS) is 14.6. The summed E-state index contributed by atoms with van der Waals surface area (Å²) in [4.78, 5) is 59.8. The van der Waals surface area contributed by atoms with Crippen molar-refractivity contribution in [2.24, 2.45) is 17.4 Å². The molecule has 0 fully saturated rings. The highest BCUT2D eigenvalue weighted by atomic mass is 32.1. The van der Waals surface area contributed by atoms with E-state index < -0.39 is 60.2 Å². The third-order valence-electron chi connectivity index (χ3n) is 4.72. The molecule has 0 saturated carbocycles. The molecule has 3 amide bonds. The van der Waals surface area contributed by atoms with Crippen LogP contribution in [0.5, 0.6) is 0 Å². The predicted octanol–water partition coefficient (Wildman–Crippen LogP) is -1.18. The molecule has 0 aromatic heterocycles. The van der Waals surface area contributed by atoms with Gasteiger partial charge in [0, 0.05) is 12.2 Å². The van der Waals surface area contributed by atoms with Gasteiger partial charge in [0.1, 0.15) is 18.1 Å². The number of carbonyl (C=O) groups excluding carboxylic acids is 3. The fourth-order valence-corrected chi connectivity index (χ4v) is 3.18. The minimum absolute atomic E-state index is 0.0561. The van der Waals surface area contributed by atoms with E-state index in [-0.39, 0.29) is 24.5 Å². The molecule has 0 heterocycles. The number of thiol groups is 1. The topological polar surface area (TPSA) is 214 Å². The van der Waals surface area contributed by atoms with Gasteiger partial charge < -0.3 is 37.6 Å². The van der Waals surface area contributed by atoms with E-state index >= 15 is 0 Å². The Morgan fingerprint density at radius 2 is 1.39 bits per heavy atom. The van der Waals surface area contributed by atoms with Crippen molar-refractivity contribution >= 4 is 42.3 Å². The number of carbonyl (C=O) groups is 5. The number of unbranched alkanes of at least 4 members (excludes halogenated alkanes) is 1. The second kappa shape index (κ2) is 16.3. The molecule has 0 aliphatic carbocycles. The Balaban J connectivity index is 5.28. The van der Waals surface area contributed by atoms with Crippen molar-refractivity contribution in [3.05, 3.63) is 0 Å². The summed E-state index contributed by atoms with van der Waals surface area (Å²) in [6.07, 6.45) is 0.857. The molecule has 0 rings (SSSR count). The molecule has 190 valence electrons. The van der Waals surface area contributed by atoms with Gasteiger partial charge in [-0.1, -0.05) is 13.8 Å². The average molecular weight is 492 g/mol. The highest BCUT2D eigenvalue weighted by Gasteiger charge is 2.30. The SMILES string of the molecule is CC(C)CC(N)C(=O)NC(CS)C(=O)NC(CCCCN)C(=O)NC(CCC(=O)O)C(=O)O. The van der Waals surface area contributed by atoms with Crippen molar-refractivity contribution < 1.29 is 34.2 Å². The smallest absolute Gasteiger partial charge is 0.326 e. The Bertz CT molecular complexity index is 677. The van der Waals surface area contributed by atoms with Crippen molar-refractivity contribution in [3.63, 3.8) is 0 Å². The van der Waals surface area contributed by atoms with Crippen LogP contribution in [0.15, 0.2) is 0 Å². The zero-order chi connectivity index (χ0) is 25.6. The van der Waals surface area contributed by atoms with Gasteiger partial charge >= 0.3 is 11.9 Å². The lowest BCUT2D eigenvalue weighted by molar-refractivity contribution is -0.143. The average Bonchev–Trinajstić information content (AvgIpc) is 2.72. The van der Waals surface area contributed by atoms with Gasteiger partial charge in [-0.15, -0.1) is 0 Å². The Hall–Kier alpha value is -2.38. The number of nitrogens with one attached hydrogen (secondary N) is 3. The van der Waals surface area contributed by atoms with E-state index in [4.69, 9.17) is 16.6 Å². The van der Waals surface area contributed by atoms with Crippen LogP contribution in [0.4, 0.5) is 0 Å². The molecule has 12 nitrogen and oxygen atoms in total. The highest BCUT2D eigenvalue weighted by molar-refractivity contribution is 7.80. The monoisotopic (exact) mass is 491 g/mol. The van der Waals surface area contributed by atoms with Crippen LogP contribution in [0.25, 0.3) is 0 Å². The van der Waals surface area contributed by atoms with Crippen LogP contribution < -0.4 is 27.4 Å². The standard InChI is InChI=1S/C20H37N5O7S/c1-11(2)9-12(22)17(28)25-15(10-33)19(30)23-13(5-3-4-8-21)18(29)24-14(20(31)32)6-7-16(26)27/h11-15,33H,3-10,21-22H2,1-2H3,(H,23,30)(H,24,29)(H,25,28)(H,26,27)(H,31,32). The third-order valence-corrected chi connectivity index (χ3v) is 5.08. The fourth-order valence-electron chi connectivity index (χ4n) is 2.92. The van der Waals surface area contributed by atoms with Crippen LogP contribution in [0, 0.1) is 5.92 Å². The molecular formula is C20H37N5O7S. The highest BCUT2D eigenvalue weighted by Crippen LogP contribution is 2.06. The summed E-state index contributed by atoms with van der Waals surface area (Å²) < 4.78 is 0. The van der Waals surface area contributed by atoms with Crippen LogP contribution in [-0.2, 0) is 24.0 Å². The largest absolute Gasteiger partial charge is 0.481 e. The summed E-state index contributed by atoms with van der Waals surface area (Å²) in [5.41, 5.74) is 11.3. The van der Waals surface area contributed by atoms with Crippen molar-refractivity contribution in [1.82, 2.24) is 16.0 Å². The van der Waals surface area contributed by atoms with Gasteiger partial charge in [-0.3, -0.25) is 19.2 Å². The molecule has 0 aliphatic heterocycles. The lowest BCUT2D eigenvalue weighted by atomic mass is 10.0. The molecule has 33 heavy (non-hydrogen) atoms. The van der Waals surface area contributed by atoms with Crippen LogP contribution in [-0.4, -0.2) is 76.3 Å². The molecular weight excluding hydrogens is 454 g/mol. The molecule has 0 saturated heterocycles. The molecule has 4 unspecified atom stereocenters. The van der Waals surface area contributed by atoms with E-state index in [9.17, 15) is 29.1 Å². The number of rotatable bonds is 17. The number of carboxylic acids is 2. The number of carboxylic acid groups (broad SMARTS) is 2. The number of hydrogen-bond donors (Lipinski definition) is 8. The van der Waals surface area contributed by atoms with E-state index in [1.165, 1.54) is 0 Å². The van der Waals surface area contributed by atoms with Gasteiger partial charge in [0.05, 0.1) is 6.04 Å². The van der Waals surface area contributed by atoms with Crippen LogP contribution in [0.3, 0.4) is 0 Å². The first kappa shape index (κ1) is 30.6. The molecule has 4 atom stereocenters. The quantitative estimate of drug-likeness (QED) is 0.0906. The summed E-state index contributed by atoms with van der Waals surface area (Å²) in [6.45, 7) is 4.17. The minimum Gasteiger partial charge on any atom is -0.481 e. The first-order valence-corrected chi connectivity index (χ1v) is 11.5. The summed E-state index contributed by atoms with van der Waals surface area (Å²) >= 11 is 4.09. The molecule has 0 spiro atoms. The number of aliphatic carboxylic acids is 2. The third kappa shape index (κ3) is 13.0. The van der Waals surface area contributed by atoms with Gasteiger partial charge in [0.15, 0.2) is 0 Å². The maximum absolute atomic E-state index is 12.7. The fraction of sp³-hybridized carbons (Fsp3) is 0.750. The zero-order valence-corrected chi connectivity index (χ0v) is 20.0. The summed E-state index contributed by atoms with van der Waals surface area (Å²) in [6, 6.07) is -4.42. The molecule has 0 aromatic carbocycles. The Labute approximate surface area is 199 Å². The summed E-state index contributed by atoms with van der Waals surface area (Å²) in [7, 11) is 0. The van der Waals surface area contributed by atoms with E-state index in [0.29, 0.717) is 25.8 Å². The van der Waals surface area contributed by atoms with Gasteiger partial charge in [-0.25, -0.2) is 4.79 Å². The molecule has 9 N–H and O–H groups in total. The van der Waals surface area contributed by atoms with Gasteiger partial charge in [0.2, 0.25) is 17.7 Å². The second-order valence-corrected chi connectivity index (χ2v) is 8.52. The van der Waals surface area contributed by atoms with Gasteiger partial charge in [-0.2, -0.15) is 12.6 Å². The Morgan fingerprint density at radius 1 is 0.848 bits per heavy atom. The zero-order valence-electron chi connectivity index (χ0n) is 19.1. The number of hydrogen-bond acceptors (Lipinski definition) is 8. The van der Waals surface area contributed by atoms with Crippen molar-refractivity contribution in [1.29, 1.82) is 0 Å². The lowest BCUT2D eigenvalue weighted by Crippen LogP contribution is -2.57. The van der Waals surface area contributed by atoms with E-state index in [2.05, 4.69) is 28.6 Å². The first-order valence-electron chi connectivity index (χ1n) is 10.8. The summed E-state index contributed by atoms with van der Waals surface area (Å²) in [5.74, 6) is -4.46.